The average molecular weight is 471 g/mol. The lowest BCUT2D eigenvalue weighted by atomic mass is 9.99. The summed E-state index contributed by atoms with van der Waals surface area (Å²) in [6.45, 7) is 7.04. The molecule has 0 saturated heterocycles. The van der Waals surface area contributed by atoms with E-state index in [9.17, 15) is 4.39 Å². The van der Waals surface area contributed by atoms with E-state index in [1.165, 1.54) is 12.8 Å². The summed E-state index contributed by atoms with van der Waals surface area (Å²) in [5.41, 5.74) is 2.88. The second kappa shape index (κ2) is 10.1. The number of methoxy groups -OCH3 is 1. The van der Waals surface area contributed by atoms with E-state index in [1.807, 2.05) is 35.9 Å². The van der Waals surface area contributed by atoms with Crippen molar-refractivity contribution in [1.29, 1.82) is 0 Å². The van der Waals surface area contributed by atoms with Crippen molar-refractivity contribution in [3.8, 4) is 11.4 Å². The number of nitrogens with zero attached hydrogens (tertiary/aromatic N) is 4. The number of aryl methyl sites for hydroxylation is 2. The van der Waals surface area contributed by atoms with Crippen LogP contribution in [0.4, 0.5) is 10.3 Å². The molecule has 1 aliphatic carbocycles. The topological polar surface area (TPSA) is 43.2 Å². The first-order valence-corrected chi connectivity index (χ1v) is 12.1. The van der Waals surface area contributed by atoms with Crippen molar-refractivity contribution in [3.63, 3.8) is 0 Å². The van der Waals surface area contributed by atoms with Crippen LogP contribution < -0.4 is 9.64 Å². The molecule has 1 saturated carbocycles. The van der Waals surface area contributed by atoms with E-state index >= 15 is 0 Å². The van der Waals surface area contributed by atoms with Gasteiger partial charge in [0.1, 0.15) is 17.4 Å². The van der Waals surface area contributed by atoms with E-state index in [0.717, 1.165) is 54.2 Å². The minimum Gasteiger partial charge on any atom is -0.496 e. The van der Waals surface area contributed by atoms with Gasteiger partial charge in [0.15, 0.2) is 0 Å². The highest BCUT2D eigenvalue weighted by atomic mass is 35.5. The molecule has 4 rings (SSSR count). The molecule has 1 aromatic heterocycles. The van der Waals surface area contributed by atoms with Crippen molar-refractivity contribution >= 4 is 17.5 Å². The zero-order valence-corrected chi connectivity index (χ0v) is 20.6. The SMILES string of the molecule is CCCN(c1nc(CC)n(-c2cc(C)c(OC)cc2Cl)n1)C(CC1CC1)c1ccc(F)cc1. The van der Waals surface area contributed by atoms with Gasteiger partial charge < -0.3 is 9.64 Å². The number of anilines is 1. The van der Waals surface area contributed by atoms with Crippen molar-refractivity contribution < 1.29 is 9.13 Å². The molecule has 176 valence electrons. The standard InChI is InChI=1S/C26H32ClFN4O/c1-5-13-31(22(15-18-7-8-18)19-9-11-20(28)12-10-19)26-29-25(6-2)32(30-26)23-14-17(3)24(33-4)16-21(23)27/h9-12,14,16,18,22H,5-8,13,15H2,1-4H3. The first kappa shape index (κ1) is 23.6. The number of rotatable bonds is 10. The molecule has 0 bridgehead atoms. The highest BCUT2D eigenvalue weighted by Crippen LogP contribution is 2.41. The molecule has 1 atom stereocenters. The van der Waals surface area contributed by atoms with Crippen LogP contribution in [-0.2, 0) is 6.42 Å². The van der Waals surface area contributed by atoms with Crippen LogP contribution in [-0.4, -0.2) is 28.4 Å². The number of benzene rings is 2. The zero-order chi connectivity index (χ0) is 23.5. The van der Waals surface area contributed by atoms with Crippen LogP contribution in [0.15, 0.2) is 36.4 Å². The van der Waals surface area contributed by atoms with Crippen molar-refractivity contribution in [1.82, 2.24) is 14.8 Å². The molecular weight excluding hydrogens is 439 g/mol. The molecule has 0 amide bonds. The molecule has 7 heteroatoms. The third-order valence-electron chi connectivity index (χ3n) is 6.28. The molecule has 1 heterocycles. The number of halogens is 2. The lowest BCUT2D eigenvalue weighted by Crippen LogP contribution is -2.31. The summed E-state index contributed by atoms with van der Waals surface area (Å²) in [5.74, 6) is 2.77. The Bertz CT molecular complexity index is 1090. The fourth-order valence-electron chi connectivity index (χ4n) is 4.34. The smallest absolute Gasteiger partial charge is 0.245 e. The van der Waals surface area contributed by atoms with Gasteiger partial charge in [0.2, 0.25) is 5.95 Å². The molecule has 1 fully saturated rings. The minimum atomic E-state index is -0.217. The molecule has 2 aromatic carbocycles. The van der Waals surface area contributed by atoms with Gasteiger partial charge in [-0.15, -0.1) is 5.10 Å². The molecule has 33 heavy (non-hydrogen) atoms. The maximum absolute atomic E-state index is 13.6. The minimum absolute atomic E-state index is 0.103. The second-order valence-electron chi connectivity index (χ2n) is 8.81. The Morgan fingerprint density at radius 2 is 1.94 bits per heavy atom. The van der Waals surface area contributed by atoms with Crippen LogP contribution in [0, 0.1) is 18.7 Å². The molecule has 1 unspecified atom stereocenters. The number of hydrogen-bond donors (Lipinski definition) is 0. The van der Waals surface area contributed by atoms with Gasteiger partial charge in [0.25, 0.3) is 0 Å². The Kier molecular flexibility index (Phi) is 7.23. The van der Waals surface area contributed by atoms with Crippen LogP contribution in [0.3, 0.4) is 0 Å². The summed E-state index contributed by atoms with van der Waals surface area (Å²) in [4.78, 5) is 7.23. The number of ether oxygens (including phenoxy) is 1. The lowest BCUT2D eigenvalue weighted by Gasteiger charge is -2.31. The fourth-order valence-corrected chi connectivity index (χ4v) is 4.57. The Labute approximate surface area is 200 Å². The predicted molar refractivity (Wildman–Crippen MR) is 131 cm³/mol. The summed E-state index contributed by atoms with van der Waals surface area (Å²) in [7, 11) is 1.64. The molecular formula is C26H32ClFN4O. The van der Waals surface area contributed by atoms with E-state index in [0.29, 0.717) is 16.9 Å². The zero-order valence-electron chi connectivity index (χ0n) is 19.8. The summed E-state index contributed by atoms with van der Waals surface area (Å²) >= 11 is 6.63. The fraction of sp³-hybridized carbons (Fsp3) is 0.462. The van der Waals surface area contributed by atoms with Gasteiger partial charge in [-0.3, -0.25) is 0 Å². The third-order valence-corrected chi connectivity index (χ3v) is 6.58. The Hall–Kier alpha value is -2.60. The predicted octanol–water partition coefficient (Wildman–Crippen LogP) is 6.70. The van der Waals surface area contributed by atoms with Gasteiger partial charge in [0.05, 0.1) is 23.9 Å². The molecule has 0 N–H and O–H groups in total. The number of aromatic nitrogens is 3. The average Bonchev–Trinajstić information content (AvgIpc) is 3.54. The van der Waals surface area contributed by atoms with Crippen molar-refractivity contribution in [2.75, 3.05) is 18.6 Å². The van der Waals surface area contributed by atoms with Crippen LogP contribution in [0.25, 0.3) is 5.69 Å². The maximum atomic E-state index is 13.6. The molecule has 0 radical (unpaired) electrons. The van der Waals surface area contributed by atoms with Crippen molar-refractivity contribution in [2.45, 2.75) is 58.9 Å². The number of hydrogen-bond acceptors (Lipinski definition) is 4. The summed E-state index contributed by atoms with van der Waals surface area (Å²) in [6.07, 6.45) is 5.20. The molecule has 0 aliphatic heterocycles. The largest absolute Gasteiger partial charge is 0.496 e. The maximum Gasteiger partial charge on any atom is 0.245 e. The third kappa shape index (κ3) is 5.16. The highest BCUT2D eigenvalue weighted by molar-refractivity contribution is 6.32. The van der Waals surface area contributed by atoms with E-state index in [2.05, 4.69) is 18.7 Å². The first-order valence-electron chi connectivity index (χ1n) is 11.8. The Morgan fingerprint density at radius 1 is 1.21 bits per heavy atom. The van der Waals surface area contributed by atoms with Gasteiger partial charge in [-0.2, -0.15) is 4.98 Å². The van der Waals surface area contributed by atoms with Crippen LogP contribution in [0.2, 0.25) is 5.02 Å². The normalized spacial score (nSPS) is 14.4. The van der Waals surface area contributed by atoms with Crippen LogP contribution in [0.1, 0.15) is 62.5 Å². The summed E-state index contributed by atoms with van der Waals surface area (Å²) < 4.78 is 20.9. The summed E-state index contributed by atoms with van der Waals surface area (Å²) in [5, 5.41) is 5.52. The quantitative estimate of drug-likeness (QED) is 0.330. The van der Waals surface area contributed by atoms with Crippen molar-refractivity contribution in [2.24, 2.45) is 5.92 Å². The van der Waals surface area contributed by atoms with E-state index in [-0.39, 0.29) is 11.9 Å². The van der Waals surface area contributed by atoms with Gasteiger partial charge in [0, 0.05) is 19.0 Å². The van der Waals surface area contributed by atoms with Gasteiger partial charge in [-0.05, 0) is 55.0 Å². The van der Waals surface area contributed by atoms with Gasteiger partial charge >= 0.3 is 0 Å². The van der Waals surface area contributed by atoms with E-state index in [4.69, 9.17) is 26.4 Å². The van der Waals surface area contributed by atoms with E-state index in [1.54, 1.807) is 19.2 Å². The summed E-state index contributed by atoms with van der Waals surface area (Å²) in [6, 6.07) is 10.8. The Morgan fingerprint density at radius 3 is 2.55 bits per heavy atom. The molecule has 0 spiro atoms. The first-order chi connectivity index (χ1) is 15.9. The molecule has 3 aromatic rings. The van der Waals surface area contributed by atoms with Crippen LogP contribution >= 0.6 is 11.6 Å². The molecule has 5 nitrogen and oxygen atoms in total. The van der Waals surface area contributed by atoms with E-state index < -0.39 is 0 Å². The monoisotopic (exact) mass is 470 g/mol. The molecule has 1 aliphatic rings. The Balaban J connectivity index is 1.77. The second-order valence-corrected chi connectivity index (χ2v) is 9.21. The van der Waals surface area contributed by atoms with Crippen molar-refractivity contribution in [3.05, 3.63) is 64.2 Å². The van der Waals surface area contributed by atoms with Gasteiger partial charge in [-0.1, -0.05) is 50.4 Å². The van der Waals surface area contributed by atoms with Crippen LogP contribution in [0.5, 0.6) is 5.75 Å². The highest BCUT2D eigenvalue weighted by Gasteiger charge is 2.32. The lowest BCUT2D eigenvalue weighted by molar-refractivity contribution is 0.411. The van der Waals surface area contributed by atoms with Gasteiger partial charge in [-0.25, -0.2) is 9.07 Å².